The van der Waals surface area contributed by atoms with E-state index in [0.717, 1.165) is 6.42 Å². The third-order valence-electron chi connectivity index (χ3n) is 4.99. The average molecular weight is 327 g/mol. The highest BCUT2D eigenvalue weighted by Crippen LogP contribution is 2.39. The molecule has 0 saturated heterocycles. The van der Waals surface area contributed by atoms with E-state index in [4.69, 9.17) is 0 Å². The molecule has 1 amide bonds. The van der Waals surface area contributed by atoms with Crippen LogP contribution in [0.25, 0.3) is 0 Å². The van der Waals surface area contributed by atoms with Crippen molar-refractivity contribution in [2.75, 3.05) is 0 Å². The third-order valence-corrected chi connectivity index (χ3v) is 4.99. The first-order chi connectivity index (χ1) is 12.2. The zero-order valence-corrected chi connectivity index (χ0v) is 14.3. The van der Waals surface area contributed by atoms with Gasteiger partial charge in [-0.3, -0.25) is 4.79 Å². The molecule has 3 aromatic carbocycles. The van der Waals surface area contributed by atoms with Crippen LogP contribution in [0.4, 0.5) is 0 Å². The van der Waals surface area contributed by atoms with Gasteiger partial charge in [-0.2, -0.15) is 0 Å². The average Bonchev–Trinajstić information content (AvgIpc) is 3.00. The van der Waals surface area contributed by atoms with Gasteiger partial charge >= 0.3 is 0 Å². The van der Waals surface area contributed by atoms with Crippen molar-refractivity contribution in [1.29, 1.82) is 0 Å². The maximum atomic E-state index is 12.7. The zero-order chi connectivity index (χ0) is 17.2. The van der Waals surface area contributed by atoms with Gasteiger partial charge in [0, 0.05) is 17.5 Å². The molecule has 0 fully saturated rings. The lowest BCUT2D eigenvalue weighted by Crippen LogP contribution is -2.38. The maximum absolute atomic E-state index is 12.7. The topological polar surface area (TPSA) is 29.1 Å². The van der Waals surface area contributed by atoms with Gasteiger partial charge in [0.2, 0.25) is 0 Å². The van der Waals surface area contributed by atoms with E-state index in [2.05, 4.69) is 54.7 Å². The second kappa shape index (κ2) is 6.56. The number of rotatable bonds is 3. The Morgan fingerprint density at radius 2 is 1.60 bits per heavy atom. The number of fused-ring (bicyclic) bond motifs is 1. The molecular formula is C23H21NO. The molecule has 0 bridgehead atoms. The molecular weight excluding hydrogens is 306 g/mol. The van der Waals surface area contributed by atoms with E-state index in [1.165, 1.54) is 22.3 Å². The van der Waals surface area contributed by atoms with Gasteiger partial charge in [0.05, 0.1) is 0 Å². The van der Waals surface area contributed by atoms with Crippen molar-refractivity contribution in [1.82, 2.24) is 5.32 Å². The summed E-state index contributed by atoms with van der Waals surface area (Å²) in [6.45, 7) is 2.12. The first kappa shape index (κ1) is 15.6. The van der Waals surface area contributed by atoms with Gasteiger partial charge in [0.25, 0.3) is 5.91 Å². The van der Waals surface area contributed by atoms with E-state index in [9.17, 15) is 4.79 Å². The van der Waals surface area contributed by atoms with Crippen LogP contribution in [0.1, 0.15) is 38.5 Å². The highest BCUT2D eigenvalue weighted by molar-refractivity contribution is 5.94. The summed E-state index contributed by atoms with van der Waals surface area (Å²) in [6.07, 6.45) is 0.869. The molecule has 0 radical (unpaired) electrons. The molecule has 0 saturated carbocycles. The third kappa shape index (κ3) is 3.08. The predicted molar refractivity (Wildman–Crippen MR) is 101 cm³/mol. The molecule has 0 spiro atoms. The number of benzene rings is 3. The van der Waals surface area contributed by atoms with Crippen LogP contribution in [0.2, 0.25) is 0 Å². The van der Waals surface area contributed by atoms with E-state index < -0.39 is 0 Å². The summed E-state index contributed by atoms with van der Waals surface area (Å²) < 4.78 is 0. The van der Waals surface area contributed by atoms with Crippen molar-refractivity contribution in [2.24, 2.45) is 0 Å². The summed E-state index contributed by atoms with van der Waals surface area (Å²) in [5.41, 5.74) is 5.89. The molecule has 0 aromatic heterocycles. The van der Waals surface area contributed by atoms with E-state index >= 15 is 0 Å². The van der Waals surface area contributed by atoms with E-state index in [1.54, 1.807) is 0 Å². The maximum Gasteiger partial charge on any atom is 0.251 e. The van der Waals surface area contributed by atoms with Gasteiger partial charge in [-0.25, -0.2) is 0 Å². The van der Waals surface area contributed by atoms with Crippen LogP contribution >= 0.6 is 0 Å². The Balaban J connectivity index is 1.68. The number of carbonyl (C=O) groups excluding carboxylic acids is 1. The van der Waals surface area contributed by atoms with Gasteiger partial charge < -0.3 is 5.32 Å². The minimum absolute atomic E-state index is 0.00365. The summed E-state index contributed by atoms with van der Waals surface area (Å²) >= 11 is 0. The van der Waals surface area contributed by atoms with Crippen LogP contribution in [0.5, 0.6) is 0 Å². The lowest BCUT2D eigenvalue weighted by Gasteiger charge is -2.22. The summed E-state index contributed by atoms with van der Waals surface area (Å²) in [4.78, 5) is 12.7. The van der Waals surface area contributed by atoms with Crippen LogP contribution in [-0.2, 0) is 6.42 Å². The summed E-state index contributed by atoms with van der Waals surface area (Å²) in [5.74, 6) is 0.194. The van der Waals surface area contributed by atoms with Crippen LogP contribution in [-0.4, -0.2) is 11.9 Å². The highest BCUT2D eigenvalue weighted by Gasteiger charge is 2.34. The van der Waals surface area contributed by atoms with Crippen molar-refractivity contribution in [3.63, 3.8) is 0 Å². The van der Waals surface area contributed by atoms with E-state index in [1.807, 2.05) is 36.4 Å². The molecule has 4 rings (SSSR count). The fourth-order valence-electron chi connectivity index (χ4n) is 3.81. The first-order valence-corrected chi connectivity index (χ1v) is 8.72. The molecule has 2 unspecified atom stereocenters. The normalized spacial score (nSPS) is 18.6. The number of aryl methyl sites for hydroxylation is 1. The van der Waals surface area contributed by atoms with E-state index in [-0.39, 0.29) is 17.9 Å². The predicted octanol–water partition coefficient (Wildman–Crippen LogP) is 4.48. The van der Waals surface area contributed by atoms with Crippen molar-refractivity contribution in [3.05, 3.63) is 107 Å². The fourth-order valence-corrected chi connectivity index (χ4v) is 3.81. The zero-order valence-electron chi connectivity index (χ0n) is 14.3. The number of hydrogen-bond acceptors (Lipinski definition) is 1. The molecule has 2 nitrogen and oxygen atoms in total. The number of hydrogen-bond donors (Lipinski definition) is 1. The molecule has 2 heteroatoms. The molecule has 124 valence electrons. The Morgan fingerprint density at radius 3 is 2.32 bits per heavy atom. The van der Waals surface area contributed by atoms with Crippen LogP contribution < -0.4 is 5.32 Å². The minimum atomic E-state index is -0.00365. The molecule has 1 aliphatic rings. The molecule has 3 aromatic rings. The molecule has 2 atom stereocenters. The van der Waals surface area contributed by atoms with Gasteiger partial charge in [0.1, 0.15) is 0 Å². The Morgan fingerprint density at radius 1 is 0.920 bits per heavy atom. The standard InChI is InChI=1S/C23H21NO/c1-16-12-13-19-15-21(24-23(25)18-10-6-3-7-11-18)22(20(19)14-16)17-8-4-2-5-9-17/h2-14,21-22H,15H2,1H3,(H,24,25). The van der Waals surface area contributed by atoms with Crippen LogP contribution in [0, 0.1) is 6.92 Å². The van der Waals surface area contributed by atoms with Crippen molar-refractivity contribution < 1.29 is 4.79 Å². The second-order valence-electron chi connectivity index (χ2n) is 6.74. The number of carbonyl (C=O) groups is 1. The summed E-state index contributed by atoms with van der Waals surface area (Å²) in [5, 5.41) is 3.27. The van der Waals surface area contributed by atoms with Crippen LogP contribution in [0.3, 0.4) is 0 Å². The smallest absolute Gasteiger partial charge is 0.251 e. The molecule has 1 N–H and O–H groups in total. The second-order valence-corrected chi connectivity index (χ2v) is 6.74. The van der Waals surface area contributed by atoms with Gasteiger partial charge in [-0.05, 0) is 42.2 Å². The SMILES string of the molecule is Cc1ccc2c(c1)C(c1ccccc1)C(NC(=O)c1ccccc1)C2. The van der Waals surface area contributed by atoms with E-state index in [0.29, 0.717) is 5.56 Å². The minimum Gasteiger partial charge on any atom is -0.348 e. The number of amides is 1. The van der Waals surface area contributed by atoms with Crippen molar-refractivity contribution in [2.45, 2.75) is 25.3 Å². The largest absolute Gasteiger partial charge is 0.348 e. The lowest BCUT2D eigenvalue weighted by atomic mass is 9.89. The molecule has 25 heavy (non-hydrogen) atoms. The summed E-state index contributed by atoms with van der Waals surface area (Å²) in [6, 6.07) is 26.6. The summed E-state index contributed by atoms with van der Waals surface area (Å²) in [7, 11) is 0. The fraction of sp³-hybridized carbons (Fsp3) is 0.174. The van der Waals surface area contributed by atoms with Gasteiger partial charge in [-0.15, -0.1) is 0 Å². The molecule has 0 aliphatic heterocycles. The highest BCUT2D eigenvalue weighted by atomic mass is 16.1. The van der Waals surface area contributed by atoms with Crippen LogP contribution in [0.15, 0.2) is 78.9 Å². The Hall–Kier alpha value is -2.87. The van der Waals surface area contributed by atoms with Gasteiger partial charge in [0.15, 0.2) is 0 Å². The van der Waals surface area contributed by atoms with Crippen molar-refractivity contribution >= 4 is 5.91 Å². The Labute approximate surface area is 148 Å². The Bertz CT molecular complexity index is 886. The lowest BCUT2D eigenvalue weighted by molar-refractivity contribution is 0.0935. The quantitative estimate of drug-likeness (QED) is 0.755. The molecule has 0 heterocycles. The monoisotopic (exact) mass is 327 g/mol. The first-order valence-electron chi connectivity index (χ1n) is 8.72. The van der Waals surface area contributed by atoms with Crippen molar-refractivity contribution in [3.8, 4) is 0 Å². The Kier molecular flexibility index (Phi) is 4.10. The van der Waals surface area contributed by atoms with Gasteiger partial charge in [-0.1, -0.05) is 72.3 Å². The molecule has 1 aliphatic carbocycles. The number of nitrogens with one attached hydrogen (secondary N) is 1.